The lowest BCUT2D eigenvalue weighted by molar-refractivity contribution is -0.136. The molecule has 4 aromatic rings. The molecule has 1 unspecified atom stereocenters. The zero-order valence-corrected chi connectivity index (χ0v) is 36.1. The van der Waals surface area contributed by atoms with Crippen LogP contribution in [0.5, 0.6) is 17.2 Å². The van der Waals surface area contributed by atoms with Crippen LogP contribution < -0.4 is 30.2 Å². The van der Waals surface area contributed by atoms with E-state index in [0.29, 0.717) is 67.7 Å². The number of nitriles is 1. The highest BCUT2D eigenvalue weighted by atomic mass is 35.5. The molecule has 4 aliphatic rings. The van der Waals surface area contributed by atoms with E-state index in [4.69, 9.17) is 37.4 Å². The van der Waals surface area contributed by atoms with Crippen molar-refractivity contribution in [2.75, 3.05) is 70.7 Å². The van der Waals surface area contributed by atoms with Gasteiger partial charge >= 0.3 is 0 Å². The fourth-order valence-electron chi connectivity index (χ4n) is 8.97. The Balaban J connectivity index is 0.799. The number of amides is 4. The number of fused-ring (bicyclic) bond motifs is 2. The number of imide groups is 2. The number of benzene rings is 3. The van der Waals surface area contributed by atoms with Crippen molar-refractivity contribution in [3.8, 4) is 23.3 Å². The maximum Gasteiger partial charge on any atom is 0.262 e. The highest BCUT2D eigenvalue weighted by molar-refractivity contribution is 6.37. The Morgan fingerprint density at radius 2 is 1.68 bits per heavy atom. The molecule has 324 valence electrons. The summed E-state index contributed by atoms with van der Waals surface area (Å²) in [6, 6.07) is 13.5. The van der Waals surface area contributed by atoms with Gasteiger partial charge in [0.1, 0.15) is 17.9 Å². The Morgan fingerprint density at radius 3 is 2.44 bits per heavy atom. The largest absolute Gasteiger partial charge is 0.495 e. The number of halogens is 2. The minimum atomic E-state index is -0.983. The number of pyridine rings is 1. The van der Waals surface area contributed by atoms with E-state index in [9.17, 15) is 24.4 Å². The molecule has 0 spiro atoms. The second kappa shape index (κ2) is 18.8. The Morgan fingerprint density at radius 1 is 0.887 bits per heavy atom. The van der Waals surface area contributed by atoms with Crippen LogP contribution in [0, 0.1) is 17.2 Å². The number of carbonyl (C=O) groups is 4. The molecule has 3 fully saturated rings. The zero-order chi connectivity index (χ0) is 43.5. The molecule has 17 heteroatoms. The maximum atomic E-state index is 13.3. The predicted molar refractivity (Wildman–Crippen MR) is 235 cm³/mol. The van der Waals surface area contributed by atoms with Gasteiger partial charge in [0.15, 0.2) is 11.5 Å². The molecule has 5 heterocycles. The summed E-state index contributed by atoms with van der Waals surface area (Å²) in [4.78, 5) is 61.1. The molecule has 1 aromatic heterocycles. The number of hydrogen-bond acceptors (Lipinski definition) is 13. The first kappa shape index (κ1) is 43.0. The van der Waals surface area contributed by atoms with Crippen molar-refractivity contribution in [1.29, 1.82) is 5.26 Å². The van der Waals surface area contributed by atoms with Crippen molar-refractivity contribution in [3.63, 3.8) is 0 Å². The topological polar surface area (TPSA) is 178 Å². The van der Waals surface area contributed by atoms with Gasteiger partial charge in [0, 0.05) is 61.5 Å². The minimum Gasteiger partial charge on any atom is -0.495 e. The summed E-state index contributed by atoms with van der Waals surface area (Å²) >= 11 is 12.8. The number of carbonyl (C=O) groups excluding carboxylic acids is 4. The molecule has 3 aromatic carbocycles. The number of aromatic nitrogens is 1. The second-order valence-corrected chi connectivity index (χ2v) is 17.0. The summed E-state index contributed by atoms with van der Waals surface area (Å²) in [6.45, 7) is 6.45. The molecule has 3 N–H and O–H groups in total. The Bertz CT molecular complexity index is 2450. The maximum absolute atomic E-state index is 13.3. The predicted octanol–water partition coefficient (Wildman–Crippen LogP) is 6.63. The normalized spacial score (nSPS) is 19.9. The van der Waals surface area contributed by atoms with Crippen molar-refractivity contribution in [2.24, 2.45) is 5.92 Å². The fraction of sp³-hybridized carbons (Fsp3) is 0.422. The van der Waals surface area contributed by atoms with Gasteiger partial charge in [-0.1, -0.05) is 23.2 Å². The van der Waals surface area contributed by atoms with Crippen LogP contribution in [0.4, 0.5) is 17.1 Å². The van der Waals surface area contributed by atoms with Crippen LogP contribution in [0.1, 0.15) is 71.2 Å². The van der Waals surface area contributed by atoms with Gasteiger partial charge in [0.05, 0.1) is 64.5 Å². The molecule has 0 radical (unpaired) electrons. The standard InChI is InChI=1S/C45H48Cl2N8O7/c1-60-38-21-36(33(46)19-34(38)47)51-42-27(22-48)23-49-35-20-40(39(61-2)18-32(35)42)62-16-4-13-53-14-10-26(11-15-53)24-54-12-3-5-29(25-54)50-28-6-7-30-31(17-28)45(59)55(44(30)58)37-8-9-41(56)52-43(37)57/h6-7,17-21,23,26,29,37,50H,3-5,8-16,24-25H2,1-2H3,(H,49,51)(H,52,56,57)/t29-,37?/m1/s1. The van der Waals surface area contributed by atoms with E-state index in [2.05, 4.69) is 36.8 Å². The van der Waals surface area contributed by atoms with Crippen LogP contribution >= 0.6 is 23.2 Å². The lowest BCUT2D eigenvalue weighted by atomic mass is 9.94. The van der Waals surface area contributed by atoms with Crippen LogP contribution in [0.2, 0.25) is 10.0 Å². The number of hydrogen-bond donors (Lipinski definition) is 3. The zero-order valence-electron chi connectivity index (χ0n) is 34.6. The first-order valence-corrected chi connectivity index (χ1v) is 21.7. The molecule has 4 amide bonds. The number of nitrogens with one attached hydrogen (secondary N) is 3. The molecule has 0 saturated carbocycles. The Kier molecular flexibility index (Phi) is 13.0. The minimum absolute atomic E-state index is 0.0856. The molecule has 4 aliphatic heterocycles. The molecule has 15 nitrogen and oxygen atoms in total. The van der Waals surface area contributed by atoms with Crippen LogP contribution in [-0.2, 0) is 9.59 Å². The van der Waals surface area contributed by atoms with Gasteiger partial charge in [-0.15, -0.1) is 0 Å². The lowest BCUT2D eigenvalue weighted by Gasteiger charge is -2.38. The summed E-state index contributed by atoms with van der Waals surface area (Å²) in [6.07, 6.45) is 6.88. The van der Waals surface area contributed by atoms with Gasteiger partial charge in [-0.3, -0.25) is 34.4 Å². The number of ether oxygens (including phenoxy) is 3. The summed E-state index contributed by atoms with van der Waals surface area (Å²) in [7, 11) is 3.10. The Labute approximate surface area is 369 Å². The van der Waals surface area contributed by atoms with Crippen molar-refractivity contribution in [2.45, 2.75) is 57.0 Å². The van der Waals surface area contributed by atoms with E-state index < -0.39 is 29.7 Å². The highest BCUT2D eigenvalue weighted by Crippen LogP contribution is 2.41. The third-order valence-corrected chi connectivity index (χ3v) is 12.8. The number of methoxy groups -OCH3 is 2. The number of likely N-dealkylation sites (tertiary alicyclic amines) is 2. The van der Waals surface area contributed by atoms with Gasteiger partial charge in [-0.25, -0.2) is 0 Å². The van der Waals surface area contributed by atoms with E-state index in [0.717, 1.165) is 82.0 Å². The highest BCUT2D eigenvalue weighted by Gasteiger charge is 2.44. The van der Waals surface area contributed by atoms with Crippen LogP contribution in [0.15, 0.2) is 48.7 Å². The number of nitrogens with zero attached hydrogens (tertiary/aromatic N) is 5. The molecule has 3 saturated heterocycles. The average molecular weight is 884 g/mol. The van der Waals surface area contributed by atoms with Gasteiger partial charge in [-0.05, 0) is 94.4 Å². The molecule has 8 rings (SSSR count). The monoisotopic (exact) mass is 882 g/mol. The molecule has 2 atom stereocenters. The molecule has 0 bridgehead atoms. The fourth-order valence-corrected chi connectivity index (χ4v) is 9.48. The first-order valence-electron chi connectivity index (χ1n) is 20.9. The van der Waals surface area contributed by atoms with E-state index in [-0.39, 0.29) is 30.0 Å². The van der Waals surface area contributed by atoms with Gasteiger partial charge in [-0.2, -0.15) is 5.26 Å². The van der Waals surface area contributed by atoms with Gasteiger partial charge in [0.25, 0.3) is 11.8 Å². The number of anilines is 3. The smallest absolute Gasteiger partial charge is 0.262 e. The quantitative estimate of drug-likeness (QED) is 0.0909. The van der Waals surface area contributed by atoms with Crippen molar-refractivity contribution in [1.82, 2.24) is 25.0 Å². The third-order valence-electron chi connectivity index (χ3n) is 12.2. The summed E-state index contributed by atoms with van der Waals surface area (Å²) in [5, 5.41) is 20.4. The first-order chi connectivity index (χ1) is 30.0. The van der Waals surface area contributed by atoms with Crippen molar-refractivity contribution >= 4 is 74.8 Å². The van der Waals surface area contributed by atoms with Crippen molar-refractivity contribution < 1.29 is 33.4 Å². The van der Waals surface area contributed by atoms with E-state index in [1.54, 1.807) is 31.4 Å². The lowest BCUT2D eigenvalue weighted by Crippen LogP contribution is -2.54. The third kappa shape index (κ3) is 9.10. The van der Waals surface area contributed by atoms with E-state index in [1.807, 2.05) is 18.2 Å². The van der Waals surface area contributed by atoms with Gasteiger partial charge in [0.2, 0.25) is 11.8 Å². The van der Waals surface area contributed by atoms with Crippen LogP contribution in [-0.4, -0.2) is 115 Å². The second-order valence-electron chi connectivity index (χ2n) is 16.2. The average Bonchev–Trinajstić information content (AvgIpc) is 3.51. The summed E-state index contributed by atoms with van der Waals surface area (Å²) in [5.41, 5.74) is 3.32. The van der Waals surface area contributed by atoms with Gasteiger partial charge < -0.3 is 34.6 Å². The molecular formula is C45H48Cl2N8O7. The summed E-state index contributed by atoms with van der Waals surface area (Å²) in [5.74, 6) is 0.122. The SMILES string of the molecule is COc1cc(Nc2c(C#N)cnc3cc(OCCCN4CCC(CN5CCC[C@@H](Nc6ccc7c(c6)C(=O)N(C6CCC(=O)NC6=O)C7=O)C5)CC4)c(OC)cc23)c(Cl)cc1Cl. The molecule has 62 heavy (non-hydrogen) atoms. The van der Waals surface area contributed by atoms with Crippen LogP contribution in [0.3, 0.4) is 0 Å². The number of piperidine rings is 3. The van der Waals surface area contributed by atoms with E-state index in [1.165, 1.54) is 13.3 Å². The van der Waals surface area contributed by atoms with Crippen LogP contribution in [0.25, 0.3) is 10.9 Å². The molecular weight excluding hydrogens is 835 g/mol. The van der Waals surface area contributed by atoms with E-state index >= 15 is 0 Å². The van der Waals surface area contributed by atoms with Crippen molar-refractivity contribution in [3.05, 3.63) is 75.4 Å². The molecule has 0 aliphatic carbocycles. The summed E-state index contributed by atoms with van der Waals surface area (Å²) < 4.78 is 17.3. The Hall–Kier alpha value is -5.66. The number of rotatable bonds is 14.